The second-order valence-corrected chi connectivity index (χ2v) is 8.71. The number of nitrogens with one attached hydrogen (secondary N) is 1. The van der Waals surface area contributed by atoms with Crippen molar-refractivity contribution in [3.63, 3.8) is 0 Å². The molecule has 1 N–H and O–H groups in total. The molecule has 5 nitrogen and oxygen atoms in total. The number of thioether (sulfide) groups is 1. The Labute approximate surface area is 183 Å². The molecule has 0 spiro atoms. The topological polar surface area (TPSA) is 64.0 Å². The molecule has 1 amide bonds. The Morgan fingerprint density at radius 2 is 1.93 bits per heavy atom. The Hall–Kier alpha value is -2.12. The Morgan fingerprint density at radius 1 is 1.21 bits per heavy atom. The van der Waals surface area contributed by atoms with Crippen molar-refractivity contribution in [2.24, 2.45) is 0 Å². The summed E-state index contributed by atoms with van der Waals surface area (Å²) in [5.41, 5.74) is 1.65. The average Bonchev–Trinajstić information content (AvgIpc) is 2.72. The number of nitrogens with zero attached hydrogens (tertiary/aromatic N) is 2. The quantitative estimate of drug-likeness (QED) is 0.372. The zero-order valence-electron chi connectivity index (χ0n) is 16.5. The van der Waals surface area contributed by atoms with Crippen molar-refractivity contribution in [2.75, 3.05) is 5.75 Å². The van der Waals surface area contributed by atoms with Gasteiger partial charge in [0.05, 0.1) is 22.7 Å². The molecule has 2 aromatic carbocycles. The van der Waals surface area contributed by atoms with Gasteiger partial charge in [-0.1, -0.05) is 65.3 Å². The molecule has 1 atom stereocenters. The number of benzene rings is 2. The van der Waals surface area contributed by atoms with E-state index in [0.717, 1.165) is 22.9 Å². The van der Waals surface area contributed by atoms with Gasteiger partial charge in [0, 0.05) is 11.0 Å². The molecular weight excluding hydrogens is 450 g/mol. The van der Waals surface area contributed by atoms with Gasteiger partial charge in [-0.3, -0.25) is 14.2 Å². The Morgan fingerprint density at radius 3 is 2.66 bits per heavy atom. The number of hydrogen-bond donors (Lipinski definition) is 1. The van der Waals surface area contributed by atoms with Crippen molar-refractivity contribution < 1.29 is 4.79 Å². The first-order valence-corrected chi connectivity index (χ1v) is 11.4. The molecule has 0 saturated carbocycles. The molecule has 0 fully saturated rings. The van der Waals surface area contributed by atoms with E-state index in [0.29, 0.717) is 22.6 Å². The highest BCUT2D eigenvalue weighted by Gasteiger charge is 2.14. The standard InChI is InChI=1S/C22H24BrN3O2S/c1-3-4-13-26-21(28)18-7-5-6-8-19(18)25-22(26)29-14-20(27)24-15(2)16-9-11-17(23)12-10-16/h5-12,15H,3-4,13-14H2,1-2H3,(H,24,27). The minimum Gasteiger partial charge on any atom is -0.349 e. The summed E-state index contributed by atoms with van der Waals surface area (Å²) in [5, 5.41) is 4.21. The summed E-state index contributed by atoms with van der Waals surface area (Å²) >= 11 is 4.72. The summed E-state index contributed by atoms with van der Waals surface area (Å²) in [4.78, 5) is 30.0. The Kier molecular flexibility index (Phi) is 7.50. The van der Waals surface area contributed by atoms with Crippen molar-refractivity contribution in [1.29, 1.82) is 0 Å². The number of halogens is 1. The summed E-state index contributed by atoms with van der Waals surface area (Å²) in [6.45, 7) is 4.65. The van der Waals surface area contributed by atoms with Crippen molar-refractivity contribution in [1.82, 2.24) is 14.9 Å². The Balaban J connectivity index is 1.74. The van der Waals surface area contributed by atoms with Crippen LogP contribution < -0.4 is 10.9 Å². The SMILES string of the molecule is CCCCn1c(SCC(=O)NC(C)c2ccc(Br)cc2)nc2ccccc2c1=O. The van der Waals surface area contributed by atoms with Crippen molar-refractivity contribution >= 4 is 44.5 Å². The maximum Gasteiger partial charge on any atom is 0.262 e. The van der Waals surface area contributed by atoms with Crippen LogP contribution in [0.4, 0.5) is 0 Å². The molecule has 1 heterocycles. The van der Waals surface area contributed by atoms with Gasteiger partial charge in [-0.25, -0.2) is 4.98 Å². The summed E-state index contributed by atoms with van der Waals surface area (Å²) in [6, 6.07) is 15.1. The second kappa shape index (κ2) is 10.1. The third kappa shape index (κ3) is 5.48. The molecule has 3 rings (SSSR count). The minimum atomic E-state index is -0.0944. The third-order valence-corrected chi connectivity index (χ3v) is 6.15. The van der Waals surface area contributed by atoms with E-state index in [2.05, 4.69) is 33.2 Å². The highest BCUT2D eigenvalue weighted by molar-refractivity contribution is 9.10. The first kappa shape index (κ1) is 21.6. The van der Waals surface area contributed by atoms with Crippen LogP contribution in [0.3, 0.4) is 0 Å². The summed E-state index contributed by atoms with van der Waals surface area (Å²) in [7, 11) is 0. The maximum atomic E-state index is 12.9. The number of rotatable bonds is 8. The number of carbonyl (C=O) groups excluding carboxylic acids is 1. The highest BCUT2D eigenvalue weighted by atomic mass is 79.9. The molecule has 0 saturated heterocycles. The summed E-state index contributed by atoms with van der Waals surface area (Å²) in [5.74, 6) is 0.118. The van der Waals surface area contributed by atoms with E-state index in [9.17, 15) is 9.59 Å². The fourth-order valence-corrected chi connectivity index (χ4v) is 4.12. The number of para-hydroxylation sites is 1. The van der Waals surface area contributed by atoms with Crippen LogP contribution in [0.5, 0.6) is 0 Å². The van der Waals surface area contributed by atoms with Gasteiger partial charge < -0.3 is 5.32 Å². The minimum absolute atomic E-state index is 0.0461. The number of amides is 1. The fraction of sp³-hybridized carbons (Fsp3) is 0.318. The summed E-state index contributed by atoms with van der Waals surface area (Å²) < 4.78 is 2.70. The lowest BCUT2D eigenvalue weighted by Gasteiger charge is -2.15. The first-order valence-electron chi connectivity index (χ1n) is 9.66. The number of unbranched alkanes of at least 4 members (excludes halogenated alkanes) is 1. The lowest BCUT2D eigenvalue weighted by molar-refractivity contribution is -0.119. The average molecular weight is 474 g/mol. The molecule has 7 heteroatoms. The molecule has 3 aromatic rings. The van der Waals surface area contributed by atoms with Gasteiger partial charge in [0.25, 0.3) is 5.56 Å². The van der Waals surface area contributed by atoms with Crippen LogP contribution in [0.15, 0.2) is 63.0 Å². The van der Waals surface area contributed by atoms with Gasteiger partial charge in [-0.2, -0.15) is 0 Å². The number of hydrogen-bond acceptors (Lipinski definition) is 4. The van der Waals surface area contributed by atoms with Crippen molar-refractivity contribution in [3.8, 4) is 0 Å². The smallest absolute Gasteiger partial charge is 0.262 e. The van der Waals surface area contributed by atoms with Crippen LogP contribution in [-0.4, -0.2) is 21.2 Å². The predicted molar refractivity (Wildman–Crippen MR) is 122 cm³/mol. The molecule has 0 aliphatic heterocycles. The molecule has 1 unspecified atom stereocenters. The molecular formula is C22H24BrN3O2S. The third-order valence-electron chi connectivity index (χ3n) is 4.64. The normalized spacial score (nSPS) is 12.1. The van der Waals surface area contributed by atoms with Gasteiger partial charge in [-0.05, 0) is 43.2 Å². The van der Waals surface area contributed by atoms with E-state index in [1.165, 1.54) is 11.8 Å². The van der Waals surface area contributed by atoms with Gasteiger partial charge in [0.15, 0.2) is 5.16 Å². The predicted octanol–water partition coefficient (Wildman–Crippen LogP) is 4.93. The fourth-order valence-electron chi connectivity index (χ4n) is 3.02. The molecule has 1 aromatic heterocycles. The maximum absolute atomic E-state index is 12.9. The van der Waals surface area contributed by atoms with Crippen molar-refractivity contribution in [3.05, 3.63) is 68.9 Å². The monoisotopic (exact) mass is 473 g/mol. The molecule has 0 aliphatic rings. The van der Waals surface area contributed by atoms with Crippen molar-refractivity contribution in [2.45, 2.75) is 44.4 Å². The van der Waals surface area contributed by atoms with E-state index >= 15 is 0 Å². The largest absolute Gasteiger partial charge is 0.349 e. The van der Waals surface area contributed by atoms with Gasteiger partial charge in [0.2, 0.25) is 5.91 Å². The van der Waals surface area contributed by atoms with Gasteiger partial charge in [-0.15, -0.1) is 0 Å². The molecule has 29 heavy (non-hydrogen) atoms. The van der Waals surface area contributed by atoms with Crippen LogP contribution in [0.2, 0.25) is 0 Å². The molecule has 152 valence electrons. The van der Waals surface area contributed by atoms with E-state index in [4.69, 9.17) is 0 Å². The van der Waals surface area contributed by atoms with Crippen LogP contribution in [0.25, 0.3) is 10.9 Å². The van der Waals surface area contributed by atoms with Gasteiger partial charge in [0.1, 0.15) is 0 Å². The van der Waals surface area contributed by atoms with Gasteiger partial charge >= 0.3 is 0 Å². The van der Waals surface area contributed by atoms with E-state index in [1.807, 2.05) is 49.4 Å². The molecule has 0 bridgehead atoms. The highest BCUT2D eigenvalue weighted by Crippen LogP contribution is 2.20. The first-order chi connectivity index (χ1) is 14.0. The van der Waals surface area contributed by atoms with Crippen LogP contribution in [-0.2, 0) is 11.3 Å². The second-order valence-electron chi connectivity index (χ2n) is 6.85. The van der Waals surface area contributed by atoms with Crippen LogP contribution in [0, 0.1) is 0 Å². The molecule has 0 radical (unpaired) electrons. The van der Waals surface area contributed by atoms with E-state index < -0.39 is 0 Å². The molecule has 0 aliphatic carbocycles. The lowest BCUT2D eigenvalue weighted by Crippen LogP contribution is -2.29. The Bertz CT molecular complexity index is 1050. The number of aromatic nitrogens is 2. The van der Waals surface area contributed by atoms with Crippen LogP contribution >= 0.6 is 27.7 Å². The number of carbonyl (C=O) groups is 1. The van der Waals surface area contributed by atoms with E-state index in [1.54, 1.807) is 10.6 Å². The van der Waals surface area contributed by atoms with E-state index in [-0.39, 0.29) is 23.3 Å². The van der Waals surface area contributed by atoms with Crippen LogP contribution in [0.1, 0.15) is 38.3 Å². The zero-order valence-corrected chi connectivity index (χ0v) is 18.9. The summed E-state index contributed by atoms with van der Waals surface area (Å²) in [6.07, 6.45) is 1.87. The zero-order chi connectivity index (χ0) is 20.8. The number of fused-ring (bicyclic) bond motifs is 1. The lowest BCUT2D eigenvalue weighted by atomic mass is 10.1.